The largest absolute Gasteiger partial charge is 0.478 e. The van der Waals surface area contributed by atoms with E-state index in [9.17, 15) is 19.8 Å². The number of unbranched alkanes of at least 4 members (excludes halogenated alkanes) is 3. The van der Waals surface area contributed by atoms with Crippen molar-refractivity contribution in [2.24, 2.45) is 11.8 Å². The number of carbonyl (C=O) groups is 2. The zero-order valence-electron chi connectivity index (χ0n) is 36.8. The molecule has 2 N–H and O–H groups in total. The monoisotopic (exact) mass is 818 g/mol. The van der Waals surface area contributed by atoms with E-state index in [2.05, 4.69) is 61.5 Å². The third kappa shape index (κ3) is 13.2. The number of aryl methyl sites for hydroxylation is 2. The highest BCUT2D eigenvalue weighted by molar-refractivity contribution is 5.97. The van der Waals surface area contributed by atoms with E-state index in [1.165, 1.54) is 24.0 Å². The molecule has 0 aliphatic heterocycles. The molecule has 0 fully saturated rings. The molecule has 6 rings (SSSR count). The average Bonchev–Trinajstić information content (AvgIpc) is 3.29. The van der Waals surface area contributed by atoms with E-state index in [0.717, 1.165) is 102 Å². The Hall–Kier alpha value is -6.02. The van der Waals surface area contributed by atoms with Crippen LogP contribution in [0.25, 0.3) is 45.0 Å². The summed E-state index contributed by atoms with van der Waals surface area (Å²) in [7, 11) is 0. The third-order valence-electron chi connectivity index (χ3n) is 11.4. The Bertz CT molecular complexity index is 2300. The molecule has 2 aromatic heterocycles. The molecule has 4 aromatic carbocycles. The van der Waals surface area contributed by atoms with Gasteiger partial charge in [-0.25, -0.2) is 29.5 Å². The fourth-order valence-corrected chi connectivity index (χ4v) is 7.20. The van der Waals surface area contributed by atoms with Crippen molar-refractivity contribution in [2.75, 3.05) is 0 Å². The first-order valence-corrected chi connectivity index (χ1v) is 22.1. The van der Waals surface area contributed by atoms with Gasteiger partial charge in [0.25, 0.3) is 0 Å². The van der Waals surface area contributed by atoms with E-state index < -0.39 is 11.9 Å². The zero-order chi connectivity index (χ0) is 43.7. The van der Waals surface area contributed by atoms with Crippen LogP contribution < -0.4 is 0 Å². The van der Waals surface area contributed by atoms with Crippen LogP contribution in [0.2, 0.25) is 0 Å². The second kappa shape index (κ2) is 23.1. The molecular weight excluding hydrogens is 757 g/mol. The van der Waals surface area contributed by atoms with Crippen molar-refractivity contribution in [3.63, 3.8) is 0 Å². The summed E-state index contributed by atoms with van der Waals surface area (Å²) in [6, 6.07) is 27.0. The number of aromatic carboxylic acids is 2. The number of carboxylic acid groups (broad SMARTS) is 2. The Labute approximate surface area is 362 Å². The lowest BCUT2D eigenvalue weighted by Gasteiger charge is -2.13. The molecular formula is C53H62N4O4. The summed E-state index contributed by atoms with van der Waals surface area (Å²) in [5, 5.41) is 19.3. The molecule has 8 heteroatoms. The van der Waals surface area contributed by atoms with Gasteiger partial charge in [0.1, 0.15) is 0 Å². The summed E-state index contributed by atoms with van der Waals surface area (Å²) in [5.41, 5.74) is 10.5. The number of rotatable bonds is 19. The first-order valence-electron chi connectivity index (χ1n) is 22.1. The lowest BCUT2D eigenvalue weighted by Crippen LogP contribution is -2.03. The van der Waals surface area contributed by atoms with Gasteiger partial charge >= 0.3 is 11.9 Å². The number of hydrogen-bond acceptors (Lipinski definition) is 6. The minimum atomic E-state index is -0.907. The van der Waals surface area contributed by atoms with Crippen LogP contribution in [0.1, 0.15) is 129 Å². The summed E-state index contributed by atoms with van der Waals surface area (Å²) < 4.78 is 0. The van der Waals surface area contributed by atoms with Gasteiger partial charge in [-0.05, 0) is 107 Å². The van der Waals surface area contributed by atoms with Crippen LogP contribution in [0.4, 0.5) is 0 Å². The van der Waals surface area contributed by atoms with Crippen molar-refractivity contribution in [2.45, 2.75) is 112 Å². The van der Waals surface area contributed by atoms with Crippen molar-refractivity contribution in [3.05, 3.63) is 143 Å². The zero-order valence-corrected chi connectivity index (χ0v) is 36.8. The number of benzene rings is 4. The van der Waals surface area contributed by atoms with Crippen molar-refractivity contribution >= 4 is 11.9 Å². The van der Waals surface area contributed by atoms with Crippen molar-refractivity contribution in [1.29, 1.82) is 0 Å². The van der Waals surface area contributed by atoms with E-state index in [0.29, 0.717) is 34.6 Å². The van der Waals surface area contributed by atoms with Gasteiger partial charge in [0.2, 0.25) is 0 Å². The molecule has 0 saturated heterocycles. The van der Waals surface area contributed by atoms with E-state index in [-0.39, 0.29) is 0 Å². The summed E-state index contributed by atoms with van der Waals surface area (Å²) in [6.07, 6.45) is 19.6. The summed E-state index contributed by atoms with van der Waals surface area (Å²) in [6.45, 7) is 13.2. The van der Waals surface area contributed by atoms with Crippen LogP contribution in [-0.4, -0.2) is 42.1 Å². The minimum absolute atomic E-state index is 0.326. The molecule has 2 atom stereocenters. The van der Waals surface area contributed by atoms with Crippen LogP contribution in [0.15, 0.2) is 110 Å². The Morgan fingerprint density at radius 1 is 0.475 bits per heavy atom. The molecule has 0 unspecified atom stereocenters. The van der Waals surface area contributed by atoms with E-state index >= 15 is 0 Å². The van der Waals surface area contributed by atoms with Gasteiger partial charge in [-0.1, -0.05) is 146 Å². The molecule has 0 saturated carbocycles. The smallest absolute Gasteiger partial charge is 0.336 e. The summed E-state index contributed by atoms with van der Waals surface area (Å²) in [5.74, 6) is 0.688. The lowest BCUT2D eigenvalue weighted by atomic mass is 9.92. The first kappa shape index (κ1) is 46.1. The molecule has 318 valence electrons. The SMILES string of the molecule is CCCCCc1cnc(-c2ccc(-c3cc(C[C@@H](C)CC)ccc3C(=O)O)cc2)nc1.CCCCc1cnc(-c2ccc(-c3cc(C[C@@H](C)CC)ccc3C(=O)O)cc2)nc1. The summed E-state index contributed by atoms with van der Waals surface area (Å²) in [4.78, 5) is 41.6. The van der Waals surface area contributed by atoms with Crippen LogP contribution >= 0.6 is 0 Å². The highest BCUT2D eigenvalue weighted by Crippen LogP contribution is 2.30. The van der Waals surface area contributed by atoms with Gasteiger partial charge in [0.15, 0.2) is 11.6 Å². The Morgan fingerprint density at radius 2 is 0.836 bits per heavy atom. The first-order chi connectivity index (χ1) is 29.5. The third-order valence-corrected chi connectivity index (χ3v) is 11.4. The summed E-state index contributed by atoms with van der Waals surface area (Å²) >= 11 is 0. The number of carboxylic acids is 2. The molecule has 0 aliphatic carbocycles. The van der Waals surface area contributed by atoms with E-state index in [1.807, 2.05) is 97.6 Å². The van der Waals surface area contributed by atoms with Gasteiger partial charge in [0.05, 0.1) is 11.1 Å². The van der Waals surface area contributed by atoms with E-state index in [4.69, 9.17) is 0 Å². The highest BCUT2D eigenvalue weighted by atomic mass is 16.4. The number of hydrogen-bond donors (Lipinski definition) is 2. The Kier molecular flexibility index (Phi) is 17.4. The van der Waals surface area contributed by atoms with Gasteiger partial charge in [-0.2, -0.15) is 0 Å². The predicted octanol–water partition coefficient (Wildman–Crippen LogP) is 13.3. The highest BCUT2D eigenvalue weighted by Gasteiger charge is 2.16. The van der Waals surface area contributed by atoms with Crippen molar-refractivity contribution in [3.8, 4) is 45.0 Å². The van der Waals surface area contributed by atoms with Gasteiger partial charge in [-0.3, -0.25) is 0 Å². The van der Waals surface area contributed by atoms with Crippen LogP contribution in [0.5, 0.6) is 0 Å². The van der Waals surface area contributed by atoms with Crippen LogP contribution in [0, 0.1) is 11.8 Å². The topological polar surface area (TPSA) is 126 Å². The van der Waals surface area contributed by atoms with Gasteiger partial charge in [0, 0.05) is 35.9 Å². The predicted molar refractivity (Wildman–Crippen MR) is 248 cm³/mol. The maximum absolute atomic E-state index is 11.8. The molecule has 0 radical (unpaired) electrons. The molecule has 0 amide bonds. The normalized spacial score (nSPS) is 12.0. The standard InChI is InChI=1S/C27H32N2O2.C26H30N2O2/c1-4-6-7-8-21-17-28-26(29-18-21)23-12-10-22(11-13-23)25-16-20(15-19(3)5-2)9-14-24(25)27(30)31;1-4-6-7-20-16-27-25(28-17-20)22-11-9-21(10-12-22)24-15-19(14-18(3)5-2)8-13-23(24)26(29)30/h9-14,16-19H,4-8,15H2,1-3H3,(H,30,31);8-13,15-18H,4-7,14H2,1-3H3,(H,29,30)/t19-;18-/m00/s1. The van der Waals surface area contributed by atoms with Crippen LogP contribution in [-0.2, 0) is 25.7 Å². The van der Waals surface area contributed by atoms with Crippen LogP contribution in [0.3, 0.4) is 0 Å². The molecule has 8 nitrogen and oxygen atoms in total. The molecule has 0 aliphatic rings. The maximum Gasteiger partial charge on any atom is 0.336 e. The lowest BCUT2D eigenvalue weighted by molar-refractivity contribution is 0.0687. The Balaban J connectivity index is 0.000000231. The fourth-order valence-electron chi connectivity index (χ4n) is 7.20. The second-order valence-electron chi connectivity index (χ2n) is 16.4. The molecule has 61 heavy (non-hydrogen) atoms. The maximum atomic E-state index is 11.8. The second-order valence-corrected chi connectivity index (χ2v) is 16.4. The molecule has 6 aromatic rings. The van der Waals surface area contributed by atoms with Gasteiger partial charge in [-0.15, -0.1) is 0 Å². The molecule has 2 heterocycles. The molecule has 0 spiro atoms. The van der Waals surface area contributed by atoms with Crippen molar-refractivity contribution < 1.29 is 19.8 Å². The van der Waals surface area contributed by atoms with Crippen molar-refractivity contribution in [1.82, 2.24) is 19.9 Å². The average molecular weight is 819 g/mol. The van der Waals surface area contributed by atoms with E-state index in [1.54, 1.807) is 12.1 Å². The fraction of sp³-hybridized carbons (Fsp3) is 0.358. The quantitative estimate of drug-likeness (QED) is 0.0774. The molecule has 0 bridgehead atoms. The number of aromatic nitrogens is 4. The number of nitrogens with zero attached hydrogens (tertiary/aromatic N) is 4. The van der Waals surface area contributed by atoms with Gasteiger partial charge < -0.3 is 10.2 Å². The minimum Gasteiger partial charge on any atom is -0.478 e. The Morgan fingerprint density at radius 3 is 1.18 bits per heavy atom.